The Morgan fingerprint density at radius 3 is 2.48 bits per heavy atom. The van der Waals surface area contributed by atoms with Crippen LogP contribution in [0.2, 0.25) is 0 Å². The molecule has 1 aromatic heterocycles. The number of aromatic nitrogens is 1. The molecule has 33 heavy (non-hydrogen) atoms. The molecule has 5 nitrogen and oxygen atoms in total. The van der Waals surface area contributed by atoms with Crippen LogP contribution in [-0.2, 0) is 6.18 Å². The minimum absolute atomic E-state index is 0.00707. The SMILES string of the molecule is COc1ccc(-c2ccc(C(=O)C3C=NC(c4cccc(F)c4F)=N3)cn2)c(C(F)(F)F)c1. The third-order valence-electron chi connectivity index (χ3n) is 4.92. The lowest BCUT2D eigenvalue weighted by molar-refractivity contribution is -0.137. The minimum Gasteiger partial charge on any atom is -0.497 e. The second-order valence-corrected chi connectivity index (χ2v) is 6.98. The number of amidine groups is 1. The number of ether oxygens (including phenoxy) is 1. The van der Waals surface area contributed by atoms with Gasteiger partial charge in [0.2, 0.25) is 0 Å². The fraction of sp³-hybridized carbons (Fsp3) is 0.130. The molecule has 0 saturated carbocycles. The highest BCUT2D eigenvalue weighted by Crippen LogP contribution is 2.38. The van der Waals surface area contributed by atoms with Gasteiger partial charge >= 0.3 is 6.18 Å². The van der Waals surface area contributed by atoms with Crippen molar-refractivity contribution in [2.75, 3.05) is 7.11 Å². The van der Waals surface area contributed by atoms with Crippen molar-refractivity contribution in [3.63, 3.8) is 0 Å². The topological polar surface area (TPSA) is 63.9 Å². The average molecular weight is 459 g/mol. The van der Waals surface area contributed by atoms with Crippen LogP contribution in [-0.4, -0.2) is 36.0 Å². The second-order valence-electron chi connectivity index (χ2n) is 6.98. The first kappa shape index (κ1) is 22.3. The normalized spacial score (nSPS) is 15.5. The number of aliphatic imine (C=N–C) groups is 2. The molecule has 0 amide bonds. The number of Topliss-reactive ketones (excluding diaryl/α,β-unsaturated/α-hetero) is 1. The Kier molecular flexibility index (Phi) is 5.75. The van der Waals surface area contributed by atoms with Gasteiger partial charge in [0.25, 0.3) is 0 Å². The third kappa shape index (κ3) is 4.36. The molecule has 0 aliphatic carbocycles. The first-order valence-electron chi connectivity index (χ1n) is 9.51. The van der Waals surface area contributed by atoms with Crippen LogP contribution >= 0.6 is 0 Å². The first-order chi connectivity index (χ1) is 15.7. The molecule has 0 radical (unpaired) electrons. The lowest BCUT2D eigenvalue weighted by atomic mass is 10.0. The van der Waals surface area contributed by atoms with Crippen LogP contribution in [0.3, 0.4) is 0 Å². The second kappa shape index (κ2) is 8.53. The minimum atomic E-state index is -4.64. The number of ketones is 1. The zero-order chi connectivity index (χ0) is 23.8. The van der Waals surface area contributed by atoms with Gasteiger partial charge in [-0.05, 0) is 42.5 Å². The summed E-state index contributed by atoms with van der Waals surface area (Å²) in [6.07, 6.45) is -2.33. The van der Waals surface area contributed by atoms with E-state index in [0.717, 1.165) is 18.3 Å². The van der Waals surface area contributed by atoms with Gasteiger partial charge in [0.1, 0.15) is 5.75 Å². The van der Waals surface area contributed by atoms with E-state index in [2.05, 4.69) is 15.0 Å². The summed E-state index contributed by atoms with van der Waals surface area (Å²) in [5.74, 6) is -2.84. The van der Waals surface area contributed by atoms with E-state index >= 15 is 0 Å². The number of alkyl halides is 3. The van der Waals surface area contributed by atoms with Crippen LogP contribution in [0.15, 0.2) is 64.7 Å². The van der Waals surface area contributed by atoms with Gasteiger partial charge in [-0.1, -0.05) is 6.07 Å². The molecule has 0 fully saturated rings. The number of nitrogens with zero attached hydrogens (tertiary/aromatic N) is 3. The molecule has 1 atom stereocenters. The molecule has 4 rings (SSSR count). The molecule has 10 heteroatoms. The first-order valence-corrected chi connectivity index (χ1v) is 9.51. The molecular formula is C23H14F5N3O2. The highest BCUT2D eigenvalue weighted by Gasteiger charge is 2.34. The predicted octanol–water partition coefficient (Wildman–Crippen LogP) is 5.14. The maximum absolute atomic E-state index is 14.0. The average Bonchev–Trinajstić information content (AvgIpc) is 3.29. The van der Waals surface area contributed by atoms with Gasteiger partial charge in [-0.15, -0.1) is 0 Å². The van der Waals surface area contributed by atoms with Gasteiger partial charge in [0.15, 0.2) is 29.3 Å². The van der Waals surface area contributed by atoms with Crippen molar-refractivity contribution in [2.24, 2.45) is 9.98 Å². The molecule has 2 aromatic carbocycles. The van der Waals surface area contributed by atoms with E-state index < -0.39 is 35.2 Å². The zero-order valence-corrected chi connectivity index (χ0v) is 16.9. The molecule has 168 valence electrons. The van der Waals surface area contributed by atoms with Gasteiger partial charge in [0, 0.05) is 23.5 Å². The highest BCUT2D eigenvalue weighted by atomic mass is 19.4. The van der Waals surface area contributed by atoms with Crippen molar-refractivity contribution in [1.82, 2.24) is 4.98 Å². The summed E-state index contributed by atoms with van der Waals surface area (Å²) in [6.45, 7) is 0. The van der Waals surface area contributed by atoms with Crippen LogP contribution in [0.25, 0.3) is 11.3 Å². The van der Waals surface area contributed by atoms with E-state index in [4.69, 9.17) is 4.74 Å². The number of hydrogen-bond donors (Lipinski definition) is 0. The summed E-state index contributed by atoms with van der Waals surface area (Å²) in [4.78, 5) is 24.7. The van der Waals surface area contributed by atoms with Gasteiger partial charge in [-0.3, -0.25) is 9.78 Å². The summed E-state index contributed by atoms with van der Waals surface area (Å²) in [6, 6.07) is 8.51. The predicted molar refractivity (Wildman–Crippen MR) is 111 cm³/mol. The number of methoxy groups -OCH3 is 1. The largest absolute Gasteiger partial charge is 0.497 e. The van der Waals surface area contributed by atoms with Crippen molar-refractivity contribution in [1.29, 1.82) is 0 Å². The molecule has 1 aliphatic heterocycles. The zero-order valence-electron chi connectivity index (χ0n) is 16.9. The molecule has 1 unspecified atom stereocenters. The van der Waals surface area contributed by atoms with Gasteiger partial charge in [0.05, 0.1) is 23.9 Å². The maximum atomic E-state index is 14.0. The lowest BCUT2D eigenvalue weighted by Crippen LogP contribution is -2.18. The van der Waals surface area contributed by atoms with Crippen molar-refractivity contribution in [3.05, 3.63) is 83.1 Å². The number of halogens is 5. The smallest absolute Gasteiger partial charge is 0.417 e. The Bertz CT molecular complexity index is 1280. The van der Waals surface area contributed by atoms with Crippen molar-refractivity contribution in [3.8, 4) is 17.0 Å². The van der Waals surface area contributed by atoms with E-state index in [9.17, 15) is 26.7 Å². The maximum Gasteiger partial charge on any atom is 0.417 e. The molecule has 0 spiro atoms. The Morgan fingerprint density at radius 1 is 1.03 bits per heavy atom. The quantitative estimate of drug-likeness (QED) is 0.392. The summed E-state index contributed by atoms with van der Waals surface area (Å²) >= 11 is 0. The molecule has 3 aromatic rings. The number of carbonyl (C=O) groups excluding carboxylic acids is 1. The fourth-order valence-electron chi connectivity index (χ4n) is 3.26. The Hall–Kier alpha value is -3.95. The Labute approximate surface area is 184 Å². The lowest BCUT2D eigenvalue weighted by Gasteiger charge is -2.14. The Morgan fingerprint density at radius 2 is 1.82 bits per heavy atom. The third-order valence-corrected chi connectivity index (χ3v) is 4.92. The number of carbonyl (C=O) groups is 1. The molecular weight excluding hydrogens is 445 g/mol. The monoisotopic (exact) mass is 459 g/mol. The van der Waals surface area contributed by atoms with E-state index in [1.54, 1.807) is 0 Å². The van der Waals surface area contributed by atoms with Crippen molar-refractivity contribution >= 4 is 17.8 Å². The van der Waals surface area contributed by atoms with Crippen LogP contribution in [0, 0.1) is 11.6 Å². The standard InChI is InChI=1S/C23H14F5N3O2/c1-33-13-6-7-14(16(9-13)23(26,27)28)18-8-5-12(10-29-18)21(32)19-11-30-22(31-19)15-3-2-4-17(24)20(15)25/h2-11,19H,1H3. The molecule has 0 N–H and O–H groups in total. The van der Waals surface area contributed by atoms with E-state index in [1.165, 1.54) is 49.7 Å². The van der Waals surface area contributed by atoms with Crippen LogP contribution in [0.5, 0.6) is 5.75 Å². The summed E-state index contributed by atoms with van der Waals surface area (Å²) in [5.41, 5.74) is -1.21. The molecule has 0 saturated heterocycles. The fourth-order valence-corrected chi connectivity index (χ4v) is 3.26. The van der Waals surface area contributed by atoms with Gasteiger partial charge < -0.3 is 4.74 Å². The van der Waals surface area contributed by atoms with E-state index in [0.29, 0.717) is 0 Å². The van der Waals surface area contributed by atoms with E-state index in [-0.39, 0.29) is 34.0 Å². The van der Waals surface area contributed by atoms with Crippen molar-refractivity contribution in [2.45, 2.75) is 12.2 Å². The Balaban J connectivity index is 1.60. The van der Waals surface area contributed by atoms with Crippen LogP contribution < -0.4 is 4.74 Å². The summed E-state index contributed by atoms with van der Waals surface area (Å²) in [5, 5.41) is 0. The van der Waals surface area contributed by atoms with Crippen molar-refractivity contribution < 1.29 is 31.5 Å². The molecule has 0 bridgehead atoms. The summed E-state index contributed by atoms with van der Waals surface area (Å²) < 4.78 is 72.7. The number of pyridine rings is 1. The van der Waals surface area contributed by atoms with Gasteiger partial charge in [-0.25, -0.2) is 18.8 Å². The van der Waals surface area contributed by atoms with Crippen LogP contribution in [0.1, 0.15) is 21.5 Å². The van der Waals surface area contributed by atoms with E-state index in [1.807, 2.05) is 0 Å². The molecule has 2 heterocycles. The van der Waals surface area contributed by atoms with Gasteiger partial charge in [-0.2, -0.15) is 13.2 Å². The highest BCUT2D eigenvalue weighted by molar-refractivity contribution is 6.17. The number of benzene rings is 2. The summed E-state index contributed by atoms with van der Waals surface area (Å²) in [7, 11) is 1.26. The number of hydrogen-bond acceptors (Lipinski definition) is 5. The van der Waals surface area contributed by atoms with Crippen LogP contribution in [0.4, 0.5) is 22.0 Å². The molecule has 1 aliphatic rings. The number of rotatable bonds is 5.